The summed E-state index contributed by atoms with van der Waals surface area (Å²) in [5.74, 6) is 0.300. The van der Waals surface area contributed by atoms with E-state index in [0.29, 0.717) is 22.8 Å². The summed E-state index contributed by atoms with van der Waals surface area (Å²) in [6, 6.07) is 14.8. The lowest BCUT2D eigenvalue weighted by atomic mass is 10.1. The summed E-state index contributed by atoms with van der Waals surface area (Å²) in [6.45, 7) is 7.87. The lowest BCUT2D eigenvalue weighted by Gasteiger charge is -2.09. The molecule has 0 radical (unpaired) electrons. The molecule has 0 fully saturated rings. The van der Waals surface area contributed by atoms with Gasteiger partial charge in [0.25, 0.3) is 5.91 Å². The normalized spacial score (nSPS) is 11.1. The van der Waals surface area contributed by atoms with Crippen molar-refractivity contribution in [2.75, 3.05) is 0 Å². The molecule has 4 rings (SSSR count). The quantitative estimate of drug-likeness (QED) is 0.430. The number of hydrogen-bond acceptors (Lipinski definition) is 6. The van der Waals surface area contributed by atoms with Gasteiger partial charge in [0.2, 0.25) is 11.5 Å². The van der Waals surface area contributed by atoms with E-state index in [1.807, 2.05) is 57.2 Å². The van der Waals surface area contributed by atoms with Crippen LogP contribution in [0.15, 0.2) is 59.1 Å². The highest BCUT2D eigenvalue weighted by atomic mass is 16.4. The van der Waals surface area contributed by atoms with Gasteiger partial charge in [-0.25, -0.2) is 9.67 Å². The number of oxazole rings is 1. The topological polar surface area (TPSA) is 103 Å². The molecule has 0 aliphatic heterocycles. The van der Waals surface area contributed by atoms with Crippen molar-refractivity contribution in [2.24, 2.45) is 0 Å². The van der Waals surface area contributed by atoms with Crippen molar-refractivity contribution in [1.29, 1.82) is 0 Å². The largest absolute Gasteiger partial charge is 0.435 e. The molecule has 1 amide bonds. The van der Waals surface area contributed by atoms with Gasteiger partial charge in [-0.15, -0.1) is 5.10 Å². The van der Waals surface area contributed by atoms with Crippen molar-refractivity contribution in [3.05, 3.63) is 94.5 Å². The van der Waals surface area contributed by atoms with Gasteiger partial charge >= 0.3 is 0 Å². The minimum atomic E-state index is -0.337. The van der Waals surface area contributed by atoms with Crippen LogP contribution in [-0.2, 0) is 6.54 Å². The van der Waals surface area contributed by atoms with Crippen LogP contribution in [0.4, 0.5) is 0 Å². The van der Waals surface area contributed by atoms with E-state index in [0.717, 1.165) is 11.1 Å². The van der Waals surface area contributed by atoms with Gasteiger partial charge in [-0.05, 0) is 25.5 Å². The summed E-state index contributed by atoms with van der Waals surface area (Å²) in [5.41, 5.74) is 3.96. The number of para-hydroxylation sites is 1. The number of ketones is 1. The second-order valence-electron chi connectivity index (χ2n) is 8.18. The number of rotatable bonds is 7. The molecule has 8 nitrogen and oxygen atoms in total. The van der Waals surface area contributed by atoms with Crippen LogP contribution < -0.4 is 5.32 Å². The molecule has 1 N–H and O–H groups in total. The Kier molecular flexibility index (Phi) is 6.17. The van der Waals surface area contributed by atoms with Gasteiger partial charge in [0, 0.05) is 18.0 Å². The second kappa shape index (κ2) is 9.20. The Balaban J connectivity index is 1.52. The third-order valence-electron chi connectivity index (χ3n) is 5.23. The number of benzene rings is 2. The number of carbonyl (C=O) groups excluding carboxylic acids is 2. The van der Waals surface area contributed by atoms with E-state index in [9.17, 15) is 9.59 Å². The fourth-order valence-corrected chi connectivity index (χ4v) is 3.35. The number of aryl methyl sites for hydroxylation is 2. The number of aromatic nitrogens is 4. The van der Waals surface area contributed by atoms with Crippen LogP contribution in [0.3, 0.4) is 0 Å². The summed E-state index contributed by atoms with van der Waals surface area (Å²) in [7, 11) is 0. The maximum Gasteiger partial charge on any atom is 0.289 e. The zero-order valence-corrected chi connectivity index (χ0v) is 19.0. The molecule has 0 atom stereocenters. The first-order chi connectivity index (χ1) is 15.8. The number of carbonyl (C=O) groups is 2. The molecule has 0 saturated carbocycles. The monoisotopic (exact) mass is 443 g/mol. The van der Waals surface area contributed by atoms with Gasteiger partial charge in [-0.1, -0.05) is 67.1 Å². The first-order valence-corrected chi connectivity index (χ1v) is 10.7. The average molecular weight is 444 g/mol. The summed E-state index contributed by atoms with van der Waals surface area (Å²) >= 11 is 0. The molecule has 2 heterocycles. The van der Waals surface area contributed by atoms with Gasteiger partial charge in [0.15, 0.2) is 11.6 Å². The number of nitrogens with zero attached hydrogens (tertiary/aromatic N) is 4. The van der Waals surface area contributed by atoms with Crippen LogP contribution in [0.25, 0.3) is 5.69 Å². The third kappa shape index (κ3) is 4.74. The maximum absolute atomic E-state index is 12.8. The SMILES string of the molecule is Cc1ccc(C(=O)c2cn(-c3ccccc3CNC(=O)c3oc(C(C)C)nc3C)nn2)cc1. The van der Waals surface area contributed by atoms with Crippen LogP contribution in [0.2, 0.25) is 0 Å². The van der Waals surface area contributed by atoms with E-state index in [1.165, 1.54) is 0 Å². The third-order valence-corrected chi connectivity index (χ3v) is 5.23. The molecule has 0 unspecified atom stereocenters. The van der Waals surface area contributed by atoms with Crippen molar-refractivity contribution in [3.8, 4) is 5.69 Å². The van der Waals surface area contributed by atoms with Crippen molar-refractivity contribution < 1.29 is 14.0 Å². The van der Waals surface area contributed by atoms with Gasteiger partial charge in [0.05, 0.1) is 17.6 Å². The van der Waals surface area contributed by atoms with E-state index in [4.69, 9.17) is 4.42 Å². The minimum Gasteiger partial charge on any atom is -0.435 e. The smallest absolute Gasteiger partial charge is 0.289 e. The first kappa shape index (κ1) is 22.1. The van der Waals surface area contributed by atoms with Crippen molar-refractivity contribution in [3.63, 3.8) is 0 Å². The van der Waals surface area contributed by atoms with Crippen LogP contribution in [0.5, 0.6) is 0 Å². The van der Waals surface area contributed by atoms with Crippen LogP contribution in [-0.4, -0.2) is 31.7 Å². The van der Waals surface area contributed by atoms with E-state index < -0.39 is 0 Å². The van der Waals surface area contributed by atoms with E-state index in [-0.39, 0.29) is 35.6 Å². The Morgan fingerprint density at radius 2 is 1.79 bits per heavy atom. The summed E-state index contributed by atoms with van der Waals surface area (Å²) in [5, 5.41) is 11.1. The minimum absolute atomic E-state index is 0.0927. The zero-order valence-electron chi connectivity index (χ0n) is 19.0. The van der Waals surface area contributed by atoms with E-state index in [2.05, 4.69) is 20.6 Å². The molecule has 2 aromatic heterocycles. The van der Waals surface area contributed by atoms with Crippen molar-refractivity contribution >= 4 is 11.7 Å². The van der Waals surface area contributed by atoms with E-state index in [1.54, 1.807) is 29.9 Å². The average Bonchev–Trinajstić information content (AvgIpc) is 3.45. The maximum atomic E-state index is 12.8. The first-order valence-electron chi connectivity index (χ1n) is 10.7. The highest BCUT2D eigenvalue weighted by Crippen LogP contribution is 2.19. The Morgan fingerprint density at radius 3 is 2.48 bits per heavy atom. The van der Waals surface area contributed by atoms with Gasteiger partial charge in [0.1, 0.15) is 0 Å². The number of amides is 1. The lowest BCUT2D eigenvalue weighted by Crippen LogP contribution is -2.23. The molecular formula is C25H25N5O3. The molecule has 33 heavy (non-hydrogen) atoms. The molecule has 0 bridgehead atoms. The number of nitrogens with one attached hydrogen (secondary N) is 1. The fraction of sp³-hybridized carbons (Fsp3) is 0.240. The second-order valence-corrected chi connectivity index (χ2v) is 8.18. The highest BCUT2D eigenvalue weighted by molar-refractivity contribution is 6.07. The molecule has 168 valence electrons. The molecule has 0 aliphatic rings. The number of hydrogen-bond donors (Lipinski definition) is 1. The Bertz CT molecular complexity index is 1300. The summed E-state index contributed by atoms with van der Waals surface area (Å²) < 4.78 is 7.17. The van der Waals surface area contributed by atoms with Crippen LogP contribution in [0, 0.1) is 13.8 Å². The van der Waals surface area contributed by atoms with Crippen molar-refractivity contribution in [1.82, 2.24) is 25.3 Å². The van der Waals surface area contributed by atoms with E-state index >= 15 is 0 Å². The predicted molar refractivity (Wildman–Crippen MR) is 122 cm³/mol. The Labute approximate surface area is 191 Å². The molecule has 0 aliphatic carbocycles. The molecule has 0 spiro atoms. The summed E-state index contributed by atoms with van der Waals surface area (Å²) in [4.78, 5) is 29.7. The Hall–Kier alpha value is -4.07. The molecule has 2 aromatic carbocycles. The lowest BCUT2D eigenvalue weighted by molar-refractivity contribution is 0.0919. The highest BCUT2D eigenvalue weighted by Gasteiger charge is 2.20. The van der Waals surface area contributed by atoms with Crippen molar-refractivity contribution in [2.45, 2.75) is 40.2 Å². The molecule has 8 heteroatoms. The van der Waals surface area contributed by atoms with Crippen LogP contribution >= 0.6 is 0 Å². The zero-order chi connectivity index (χ0) is 23.5. The van der Waals surface area contributed by atoms with Gasteiger partial charge in [-0.2, -0.15) is 0 Å². The van der Waals surface area contributed by atoms with Crippen LogP contribution in [0.1, 0.15) is 69.1 Å². The summed E-state index contributed by atoms with van der Waals surface area (Å²) in [6.07, 6.45) is 1.60. The van der Waals surface area contributed by atoms with Gasteiger partial charge < -0.3 is 9.73 Å². The molecule has 4 aromatic rings. The predicted octanol–water partition coefficient (Wildman–Crippen LogP) is 4.16. The van der Waals surface area contributed by atoms with Gasteiger partial charge in [-0.3, -0.25) is 9.59 Å². The fourth-order valence-electron chi connectivity index (χ4n) is 3.35. The Morgan fingerprint density at radius 1 is 1.06 bits per heavy atom. The molecule has 0 saturated heterocycles. The molecular weight excluding hydrogens is 418 g/mol. The standard InChI is InChI=1S/C25H25N5O3/c1-15(2)25-27-17(4)23(33-25)24(32)26-13-19-7-5-6-8-21(19)30-14-20(28-29-30)22(31)18-11-9-16(3)10-12-18/h5-12,14-15H,13H2,1-4H3,(H,26,32).